The van der Waals surface area contributed by atoms with E-state index in [9.17, 15) is 15.0 Å². The van der Waals surface area contributed by atoms with Crippen LogP contribution in [0.5, 0.6) is 0 Å². The van der Waals surface area contributed by atoms with Gasteiger partial charge in [0.25, 0.3) is 0 Å². The molecule has 2 atom stereocenters. The van der Waals surface area contributed by atoms with Crippen molar-refractivity contribution in [1.82, 2.24) is 0 Å². The zero-order valence-electron chi connectivity index (χ0n) is 10.4. The highest BCUT2D eigenvalue weighted by Crippen LogP contribution is 2.37. The summed E-state index contributed by atoms with van der Waals surface area (Å²) in [5, 5.41) is 19.5. The van der Waals surface area contributed by atoms with Crippen molar-refractivity contribution >= 4 is 5.97 Å². The molecular weight excluding hydrogens is 204 g/mol. The number of carboxylic acids is 1. The van der Waals surface area contributed by atoms with E-state index in [4.69, 9.17) is 0 Å². The molecule has 3 heteroatoms. The van der Waals surface area contributed by atoms with Crippen molar-refractivity contribution in [3.05, 3.63) is 0 Å². The van der Waals surface area contributed by atoms with Crippen LogP contribution in [0.25, 0.3) is 0 Å². The molecule has 94 valence electrons. The van der Waals surface area contributed by atoms with E-state index in [0.29, 0.717) is 18.8 Å². The molecule has 1 aliphatic carbocycles. The summed E-state index contributed by atoms with van der Waals surface area (Å²) in [6, 6.07) is 0. The second-order valence-electron chi connectivity index (χ2n) is 5.17. The van der Waals surface area contributed by atoms with Crippen molar-refractivity contribution in [2.45, 2.75) is 64.4 Å². The Morgan fingerprint density at radius 3 is 2.38 bits per heavy atom. The zero-order chi connectivity index (χ0) is 12.2. The predicted octanol–water partition coefficient (Wildman–Crippen LogP) is 2.82. The van der Waals surface area contributed by atoms with Crippen molar-refractivity contribution in [3.63, 3.8) is 0 Å². The fourth-order valence-electron chi connectivity index (χ4n) is 2.93. The molecule has 3 nitrogen and oxygen atoms in total. The minimum atomic E-state index is -1.52. The van der Waals surface area contributed by atoms with Gasteiger partial charge in [-0.25, -0.2) is 4.79 Å². The molecule has 0 amide bonds. The molecule has 1 fully saturated rings. The van der Waals surface area contributed by atoms with E-state index in [0.717, 1.165) is 12.8 Å². The number of hydrogen-bond acceptors (Lipinski definition) is 2. The van der Waals surface area contributed by atoms with Crippen LogP contribution in [0.15, 0.2) is 0 Å². The van der Waals surface area contributed by atoms with E-state index in [1.54, 1.807) is 0 Å². The van der Waals surface area contributed by atoms with E-state index < -0.39 is 11.6 Å². The second-order valence-corrected chi connectivity index (χ2v) is 5.17. The van der Waals surface area contributed by atoms with Crippen LogP contribution in [0.1, 0.15) is 58.8 Å². The Morgan fingerprint density at radius 1 is 1.38 bits per heavy atom. The summed E-state index contributed by atoms with van der Waals surface area (Å²) >= 11 is 0. The molecule has 0 bridgehead atoms. The van der Waals surface area contributed by atoms with Crippen LogP contribution in [-0.4, -0.2) is 21.8 Å². The monoisotopic (exact) mass is 228 g/mol. The summed E-state index contributed by atoms with van der Waals surface area (Å²) in [5.41, 5.74) is -1.52. The van der Waals surface area contributed by atoms with Gasteiger partial charge in [-0.1, -0.05) is 52.4 Å². The average Bonchev–Trinajstić information content (AvgIpc) is 2.29. The van der Waals surface area contributed by atoms with E-state index >= 15 is 0 Å². The van der Waals surface area contributed by atoms with Gasteiger partial charge in [0.15, 0.2) is 5.60 Å². The summed E-state index contributed by atoms with van der Waals surface area (Å²) in [6.45, 7) is 3.82. The highest BCUT2D eigenvalue weighted by atomic mass is 16.4. The van der Waals surface area contributed by atoms with Gasteiger partial charge in [0.1, 0.15) is 0 Å². The fourth-order valence-corrected chi connectivity index (χ4v) is 2.93. The Bertz CT molecular complexity index is 233. The Kier molecular flexibility index (Phi) is 4.78. The molecule has 0 aliphatic heterocycles. The van der Waals surface area contributed by atoms with Crippen LogP contribution in [0.2, 0.25) is 0 Å². The second kappa shape index (κ2) is 5.67. The molecule has 0 radical (unpaired) electrons. The quantitative estimate of drug-likeness (QED) is 0.760. The van der Waals surface area contributed by atoms with Crippen molar-refractivity contribution in [2.75, 3.05) is 0 Å². The molecule has 2 N–H and O–H groups in total. The van der Waals surface area contributed by atoms with Crippen molar-refractivity contribution < 1.29 is 15.0 Å². The van der Waals surface area contributed by atoms with Crippen LogP contribution >= 0.6 is 0 Å². The first-order valence-corrected chi connectivity index (χ1v) is 6.48. The number of rotatable bonds is 5. The minimum Gasteiger partial charge on any atom is -0.479 e. The van der Waals surface area contributed by atoms with Gasteiger partial charge in [0, 0.05) is 0 Å². The number of aliphatic carboxylic acids is 1. The molecule has 0 aromatic rings. The van der Waals surface area contributed by atoms with Gasteiger partial charge >= 0.3 is 5.97 Å². The predicted molar refractivity (Wildman–Crippen MR) is 63.2 cm³/mol. The molecule has 1 rings (SSSR count). The molecule has 2 unspecified atom stereocenters. The Hall–Kier alpha value is -0.570. The van der Waals surface area contributed by atoms with Gasteiger partial charge < -0.3 is 10.2 Å². The summed E-state index contributed by atoms with van der Waals surface area (Å²) in [4.78, 5) is 11.2. The lowest BCUT2D eigenvalue weighted by atomic mass is 9.71. The molecule has 0 aromatic carbocycles. The minimum absolute atomic E-state index is 0.134. The summed E-state index contributed by atoms with van der Waals surface area (Å²) in [5.74, 6) is -0.806. The molecule has 1 saturated carbocycles. The van der Waals surface area contributed by atoms with E-state index in [2.05, 4.69) is 0 Å². The lowest BCUT2D eigenvalue weighted by Gasteiger charge is -2.37. The standard InChI is InChI=1S/C13H24O3/c1-3-9-13(16,12(14)15)10(2)11-7-5-4-6-8-11/h10-11,16H,3-9H2,1-2H3,(H,14,15). The van der Waals surface area contributed by atoms with Gasteiger partial charge in [-0.3, -0.25) is 0 Å². The first-order valence-electron chi connectivity index (χ1n) is 6.48. The third-order valence-electron chi connectivity index (χ3n) is 4.11. The lowest BCUT2D eigenvalue weighted by molar-refractivity contribution is -0.168. The largest absolute Gasteiger partial charge is 0.479 e. The van der Waals surface area contributed by atoms with Crippen LogP contribution in [0.4, 0.5) is 0 Å². The van der Waals surface area contributed by atoms with Crippen LogP contribution in [0, 0.1) is 11.8 Å². The first kappa shape index (κ1) is 13.5. The van der Waals surface area contributed by atoms with Gasteiger partial charge in [0.2, 0.25) is 0 Å². The summed E-state index contributed by atoms with van der Waals surface area (Å²) < 4.78 is 0. The van der Waals surface area contributed by atoms with E-state index in [-0.39, 0.29) is 5.92 Å². The zero-order valence-corrected chi connectivity index (χ0v) is 10.4. The Balaban J connectivity index is 2.72. The maximum atomic E-state index is 11.2. The topological polar surface area (TPSA) is 57.5 Å². The summed E-state index contributed by atoms with van der Waals surface area (Å²) in [6.07, 6.45) is 6.82. The molecule has 0 aromatic heterocycles. The highest BCUT2D eigenvalue weighted by Gasteiger charge is 2.44. The Morgan fingerprint density at radius 2 is 1.94 bits per heavy atom. The molecule has 0 heterocycles. The smallest absolute Gasteiger partial charge is 0.335 e. The van der Waals surface area contributed by atoms with E-state index in [1.807, 2.05) is 13.8 Å². The normalized spacial score (nSPS) is 23.7. The SMILES string of the molecule is CCCC(O)(C(=O)O)C(C)C1CCCCC1. The third kappa shape index (κ3) is 2.76. The third-order valence-corrected chi connectivity index (χ3v) is 4.11. The lowest BCUT2D eigenvalue weighted by Crippen LogP contribution is -2.47. The highest BCUT2D eigenvalue weighted by molar-refractivity contribution is 5.77. The van der Waals surface area contributed by atoms with Crippen LogP contribution in [0.3, 0.4) is 0 Å². The number of hydrogen-bond donors (Lipinski definition) is 2. The van der Waals surface area contributed by atoms with Crippen LogP contribution < -0.4 is 0 Å². The molecule has 16 heavy (non-hydrogen) atoms. The van der Waals surface area contributed by atoms with E-state index in [1.165, 1.54) is 19.3 Å². The number of aliphatic hydroxyl groups is 1. The van der Waals surface area contributed by atoms with Crippen LogP contribution in [-0.2, 0) is 4.79 Å². The maximum absolute atomic E-state index is 11.2. The Labute approximate surface area is 97.9 Å². The first-order chi connectivity index (χ1) is 7.52. The summed E-state index contributed by atoms with van der Waals surface area (Å²) in [7, 11) is 0. The van der Waals surface area contributed by atoms with Gasteiger partial charge in [-0.15, -0.1) is 0 Å². The molecule has 0 spiro atoms. The van der Waals surface area contributed by atoms with Gasteiger partial charge in [-0.05, 0) is 18.3 Å². The average molecular weight is 228 g/mol. The number of carbonyl (C=O) groups is 1. The van der Waals surface area contributed by atoms with Gasteiger partial charge in [0.05, 0.1) is 0 Å². The molecule has 0 saturated heterocycles. The number of carboxylic acid groups (broad SMARTS) is 1. The maximum Gasteiger partial charge on any atom is 0.335 e. The molecule has 1 aliphatic rings. The van der Waals surface area contributed by atoms with Gasteiger partial charge in [-0.2, -0.15) is 0 Å². The van der Waals surface area contributed by atoms with Crippen molar-refractivity contribution in [3.8, 4) is 0 Å². The fraction of sp³-hybridized carbons (Fsp3) is 0.923. The van der Waals surface area contributed by atoms with Crippen molar-refractivity contribution in [1.29, 1.82) is 0 Å². The van der Waals surface area contributed by atoms with Crippen molar-refractivity contribution in [2.24, 2.45) is 11.8 Å². The molecular formula is C13H24O3.